The van der Waals surface area contributed by atoms with Gasteiger partial charge in [0.25, 0.3) is 0 Å². The monoisotopic (exact) mass is 210 g/mol. The molecule has 0 saturated heterocycles. The molecule has 0 aliphatic carbocycles. The second-order valence-electron chi connectivity index (χ2n) is 3.24. The Morgan fingerprint density at radius 1 is 1.47 bits per heavy atom. The van der Waals surface area contributed by atoms with Crippen LogP contribution >= 0.6 is 0 Å². The van der Waals surface area contributed by atoms with Crippen molar-refractivity contribution in [1.29, 1.82) is 0 Å². The summed E-state index contributed by atoms with van der Waals surface area (Å²) >= 11 is 0. The first-order valence-electron chi connectivity index (χ1n) is 4.94. The van der Waals surface area contributed by atoms with Crippen molar-refractivity contribution >= 4 is 11.6 Å². The summed E-state index contributed by atoms with van der Waals surface area (Å²) in [4.78, 5) is 11.4. The van der Waals surface area contributed by atoms with E-state index in [1.807, 2.05) is 6.92 Å². The zero-order valence-electron chi connectivity index (χ0n) is 8.88. The molecule has 0 aromatic heterocycles. The minimum Gasteiger partial charge on any atom is -0.372 e. The molecule has 1 rings (SSSR count). The fourth-order valence-electron chi connectivity index (χ4n) is 1.20. The highest BCUT2D eigenvalue weighted by Crippen LogP contribution is 2.13. The van der Waals surface area contributed by atoms with Crippen LogP contribution in [0.15, 0.2) is 24.3 Å². The Balaban J connectivity index is 2.62. The fraction of sp³-hybridized carbons (Fsp3) is 0.364. The maximum absolute atomic E-state index is 13.2. The van der Waals surface area contributed by atoms with Crippen LogP contribution in [0.25, 0.3) is 0 Å². The summed E-state index contributed by atoms with van der Waals surface area (Å²) < 4.78 is 13.2. The number of hydrogen-bond donors (Lipinski definition) is 2. The molecule has 0 fully saturated rings. The number of halogens is 1. The highest BCUT2D eigenvalue weighted by molar-refractivity contribution is 5.84. The van der Waals surface area contributed by atoms with Crippen molar-refractivity contribution in [2.75, 3.05) is 11.9 Å². The van der Waals surface area contributed by atoms with Crippen LogP contribution in [-0.4, -0.2) is 18.5 Å². The topological polar surface area (TPSA) is 41.1 Å². The predicted octanol–water partition coefficient (Wildman–Crippen LogP) is 1.76. The molecule has 1 unspecified atom stereocenters. The molecule has 0 bridgehead atoms. The van der Waals surface area contributed by atoms with Crippen molar-refractivity contribution in [2.24, 2.45) is 0 Å². The van der Waals surface area contributed by atoms with Gasteiger partial charge < -0.3 is 10.6 Å². The van der Waals surface area contributed by atoms with Crippen LogP contribution < -0.4 is 10.6 Å². The summed E-state index contributed by atoms with van der Waals surface area (Å²) in [6, 6.07) is 5.84. The molecule has 0 radical (unpaired) electrons. The number of nitrogens with one attached hydrogen (secondary N) is 2. The minimum absolute atomic E-state index is 0.138. The summed E-state index contributed by atoms with van der Waals surface area (Å²) in [5.74, 6) is -0.491. The highest BCUT2D eigenvalue weighted by Gasteiger charge is 2.12. The van der Waals surface area contributed by atoms with Crippen LogP contribution in [0.4, 0.5) is 10.1 Å². The van der Waals surface area contributed by atoms with Gasteiger partial charge in [0.05, 0.1) is 5.69 Å². The third-order valence-corrected chi connectivity index (χ3v) is 1.99. The van der Waals surface area contributed by atoms with Crippen LogP contribution in [-0.2, 0) is 4.79 Å². The summed E-state index contributed by atoms with van der Waals surface area (Å²) in [6.07, 6.45) is 0. The Hall–Kier alpha value is -1.58. The van der Waals surface area contributed by atoms with E-state index in [0.717, 1.165) is 0 Å². The van der Waals surface area contributed by atoms with E-state index >= 15 is 0 Å². The lowest BCUT2D eigenvalue weighted by Gasteiger charge is -2.14. The van der Waals surface area contributed by atoms with Gasteiger partial charge in [-0.3, -0.25) is 4.79 Å². The predicted molar refractivity (Wildman–Crippen MR) is 58.2 cm³/mol. The highest BCUT2D eigenvalue weighted by atomic mass is 19.1. The number of anilines is 1. The second kappa shape index (κ2) is 5.34. The fourth-order valence-corrected chi connectivity index (χ4v) is 1.20. The summed E-state index contributed by atoms with van der Waals surface area (Å²) in [7, 11) is 0. The Morgan fingerprint density at radius 2 is 2.13 bits per heavy atom. The lowest BCUT2D eigenvalue weighted by molar-refractivity contribution is -0.121. The molecule has 4 heteroatoms. The lowest BCUT2D eigenvalue weighted by Crippen LogP contribution is -2.37. The van der Waals surface area contributed by atoms with Crippen LogP contribution in [0, 0.1) is 5.82 Å². The van der Waals surface area contributed by atoms with Crippen molar-refractivity contribution in [3.63, 3.8) is 0 Å². The van der Waals surface area contributed by atoms with Gasteiger partial charge in [0.2, 0.25) is 5.91 Å². The van der Waals surface area contributed by atoms with Crippen molar-refractivity contribution in [3.05, 3.63) is 30.1 Å². The number of carbonyl (C=O) groups excluding carboxylic acids is 1. The zero-order chi connectivity index (χ0) is 11.3. The first-order valence-corrected chi connectivity index (χ1v) is 4.94. The molecule has 2 N–H and O–H groups in total. The second-order valence-corrected chi connectivity index (χ2v) is 3.24. The quantitative estimate of drug-likeness (QED) is 0.795. The molecule has 0 spiro atoms. The van der Waals surface area contributed by atoms with E-state index in [4.69, 9.17) is 0 Å². The van der Waals surface area contributed by atoms with Crippen LogP contribution in [0.5, 0.6) is 0 Å². The van der Waals surface area contributed by atoms with Crippen LogP contribution in [0.1, 0.15) is 13.8 Å². The molecule has 15 heavy (non-hydrogen) atoms. The van der Waals surface area contributed by atoms with Crippen LogP contribution in [0.2, 0.25) is 0 Å². The summed E-state index contributed by atoms with van der Waals surface area (Å²) in [5, 5.41) is 5.47. The smallest absolute Gasteiger partial charge is 0.242 e. The van der Waals surface area contributed by atoms with Crippen molar-refractivity contribution in [1.82, 2.24) is 5.32 Å². The number of rotatable bonds is 4. The van der Waals surface area contributed by atoms with Gasteiger partial charge in [0.15, 0.2) is 0 Å². The molecule has 1 amide bonds. The first-order chi connectivity index (χ1) is 7.15. The Morgan fingerprint density at radius 3 is 2.73 bits per heavy atom. The van der Waals surface area contributed by atoms with Gasteiger partial charge in [-0.15, -0.1) is 0 Å². The van der Waals surface area contributed by atoms with Crippen molar-refractivity contribution in [3.8, 4) is 0 Å². The van der Waals surface area contributed by atoms with Gasteiger partial charge >= 0.3 is 0 Å². The molecular formula is C11H15FN2O. The van der Waals surface area contributed by atoms with E-state index in [0.29, 0.717) is 12.2 Å². The molecule has 0 aliphatic rings. The zero-order valence-corrected chi connectivity index (χ0v) is 8.88. The Bertz CT molecular complexity index is 341. The number of benzene rings is 1. The van der Waals surface area contributed by atoms with E-state index in [1.165, 1.54) is 6.07 Å². The maximum atomic E-state index is 13.2. The average Bonchev–Trinajstić information content (AvgIpc) is 2.21. The third-order valence-electron chi connectivity index (χ3n) is 1.99. The van der Waals surface area contributed by atoms with Crippen molar-refractivity contribution < 1.29 is 9.18 Å². The molecule has 0 aliphatic heterocycles. The molecule has 0 saturated carbocycles. The number of para-hydroxylation sites is 1. The third kappa shape index (κ3) is 3.23. The number of amides is 1. The van der Waals surface area contributed by atoms with E-state index in [9.17, 15) is 9.18 Å². The number of carbonyl (C=O) groups is 1. The van der Waals surface area contributed by atoms with E-state index in [-0.39, 0.29) is 11.7 Å². The maximum Gasteiger partial charge on any atom is 0.242 e. The summed E-state index contributed by atoms with van der Waals surface area (Å²) in [6.45, 7) is 4.10. The van der Waals surface area contributed by atoms with Gasteiger partial charge in [0.1, 0.15) is 11.9 Å². The van der Waals surface area contributed by atoms with Gasteiger partial charge in [0, 0.05) is 6.54 Å². The van der Waals surface area contributed by atoms with E-state index in [2.05, 4.69) is 10.6 Å². The minimum atomic E-state index is -0.443. The van der Waals surface area contributed by atoms with E-state index < -0.39 is 6.04 Å². The largest absolute Gasteiger partial charge is 0.372 e. The standard InChI is InChI=1S/C11H15FN2O/c1-3-13-11(15)8(2)14-10-7-5-4-6-9(10)12/h4-8,14H,3H2,1-2H3,(H,13,15). The molecule has 0 heterocycles. The van der Waals surface area contributed by atoms with Gasteiger partial charge in [-0.1, -0.05) is 12.1 Å². The molecule has 1 aromatic rings. The van der Waals surface area contributed by atoms with Crippen LogP contribution in [0.3, 0.4) is 0 Å². The summed E-state index contributed by atoms with van der Waals surface area (Å²) in [5.41, 5.74) is 0.344. The SMILES string of the molecule is CCNC(=O)C(C)Nc1ccccc1F. The number of hydrogen-bond acceptors (Lipinski definition) is 2. The van der Waals surface area contributed by atoms with Crippen molar-refractivity contribution in [2.45, 2.75) is 19.9 Å². The Labute approximate surface area is 88.7 Å². The van der Waals surface area contributed by atoms with Gasteiger partial charge in [-0.05, 0) is 26.0 Å². The normalized spacial score (nSPS) is 11.9. The van der Waals surface area contributed by atoms with E-state index in [1.54, 1.807) is 25.1 Å². The van der Waals surface area contributed by atoms with Gasteiger partial charge in [-0.2, -0.15) is 0 Å². The Kier molecular flexibility index (Phi) is 4.09. The first kappa shape index (κ1) is 11.5. The molecule has 1 atom stereocenters. The molecule has 3 nitrogen and oxygen atoms in total. The molecule has 82 valence electrons. The average molecular weight is 210 g/mol. The van der Waals surface area contributed by atoms with Gasteiger partial charge in [-0.25, -0.2) is 4.39 Å². The lowest BCUT2D eigenvalue weighted by atomic mass is 10.2. The number of likely N-dealkylation sites (N-methyl/N-ethyl adjacent to an activating group) is 1. The molecule has 1 aromatic carbocycles. The molecular weight excluding hydrogens is 195 g/mol.